The lowest BCUT2D eigenvalue weighted by Gasteiger charge is -2.22. The quantitative estimate of drug-likeness (QED) is 0.846. The number of carbonyl (C=O) groups is 2. The third-order valence-corrected chi connectivity index (χ3v) is 3.87. The fraction of sp³-hybridized carbons (Fsp3) is 0.625. The molecule has 0 aromatic carbocycles. The van der Waals surface area contributed by atoms with Crippen LogP contribution in [0.15, 0.2) is 12.4 Å². The van der Waals surface area contributed by atoms with Crippen LogP contribution in [0, 0.1) is 11.8 Å². The number of aromatic nitrogens is 2. The number of rotatable bonds is 6. The van der Waals surface area contributed by atoms with Crippen molar-refractivity contribution in [1.29, 1.82) is 0 Å². The lowest BCUT2D eigenvalue weighted by Crippen LogP contribution is -2.35. The molecule has 1 N–H and O–H groups in total. The molecule has 1 aromatic rings. The van der Waals surface area contributed by atoms with Crippen LogP contribution < -0.4 is 5.32 Å². The topological polar surface area (TPSA) is 78.4 Å². The number of nitrogens with one attached hydrogen (secondary N) is 1. The first-order valence-corrected chi connectivity index (χ1v) is 7.92. The molecule has 126 valence electrons. The van der Waals surface area contributed by atoms with Crippen molar-refractivity contribution in [3.8, 4) is 0 Å². The minimum Gasteiger partial charge on any atom is -0.357 e. The zero-order valence-electron chi connectivity index (χ0n) is 14.2. The van der Waals surface area contributed by atoms with Gasteiger partial charge in [0.25, 0.3) is 0 Å². The fourth-order valence-corrected chi connectivity index (χ4v) is 2.78. The first-order chi connectivity index (χ1) is 10.9. The van der Waals surface area contributed by atoms with Crippen molar-refractivity contribution in [2.75, 3.05) is 32.5 Å². The molecule has 2 amide bonds. The van der Waals surface area contributed by atoms with E-state index in [1.807, 2.05) is 0 Å². The Labute approximate surface area is 137 Å². The van der Waals surface area contributed by atoms with Gasteiger partial charge in [-0.1, -0.05) is 13.8 Å². The molecular weight excluding hydrogens is 294 g/mol. The average Bonchev–Trinajstić information content (AvgIpc) is 2.87. The van der Waals surface area contributed by atoms with E-state index >= 15 is 0 Å². The number of hydrogen-bond acceptors (Lipinski definition) is 5. The van der Waals surface area contributed by atoms with Crippen molar-refractivity contribution in [2.45, 2.75) is 26.8 Å². The van der Waals surface area contributed by atoms with Crippen molar-refractivity contribution in [3.63, 3.8) is 0 Å². The van der Waals surface area contributed by atoms with E-state index < -0.39 is 0 Å². The highest BCUT2D eigenvalue weighted by molar-refractivity contribution is 5.89. The largest absolute Gasteiger partial charge is 0.357 e. The predicted octanol–water partition coefficient (Wildman–Crippen LogP) is 0.981. The molecule has 23 heavy (non-hydrogen) atoms. The van der Waals surface area contributed by atoms with E-state index in [1.54, 1.807) is 36.3 Å². The summed E-state index contributed by atoms with van der Waals surface area (Å²) in [6.45, 7) is 5.82. The first-order valence-electron chi connectivity index (χ1n) is 7.92. The second kappa shape index (κ2) is 7.39. The lowest BCUT2D eigenvalue weighted by molar-refractivity contribution is -0.135. The highest BCUT2D eigenvalue weighted by Gasteiger charge is 2.35. The molecule has 0 spiro atoms. The summed E-state index contributed by atoms with van der Waals surface area (Å²) in [5.41, 5.74) is 0.864. The lowest BCUT2D eigenvalue weighted by atomic mass is 10.1. The van der Waals surface area contributed by atoms with E-state index in [-0.39, 0.29) is 17.7 Å². The van der Waals surface area contributed by atoms with Crippen molar-refractivity contribution >= 4 is 17.8 Å². The Morgan fingerprint density at radius 2 is 2.09 bits per heavy atom. The van der Waals surface area contributed by atoms with Crippen LogP contribution in [0.5, 0.6) is 0 Å². The summed E-state index contributed by atoms with van der Waals surface area (Å²) >= 11 is 0. The molecule has 0 aliphatic carbocycles. The summed E-state index contributed by atoms with van der Waals surface area (Å²) in [6.07, 6.45) is 3.71. The number of likely N-dealkylation sites (tertiary alicyclic amines) is 1. The van der Waals surface area contributed by atoms with Crippen LogP contribution in [0.4, 0.5) is 5.95 Å². The number of amides is 2. The van der Waals surface area contributed by atoms with E-state index in [0.717, 1.165) is 5.56 Å². The molecule has 1 aliphatic rings. The van der Waals surface area contributed by atoms with Crippen molar-refractivity contribution in [3.05, 3.63) is 18.0 Å². The molecule has 7 heteroatoms. The smallest absolute Gasteiger partial charge is 0.228 e. The van der Waals surface area contributed by atoms with Crippen LogP contribution in [-0.4, -0.2) is 58.8 Å². The molecule has 1 saturated heterocycles. The zero-order valence-corrected chi connectivity index (χ0v) is 14.2. The summed E-state index contributed by atoms with van der Waals surface area (Å²) in [6, 6.07) is 0. The summed E-state index contributed by atoms with van der Waals surface area (Å²) in [4.78, 5) is 36.3. The van der Waals surface area contributed by atoms with Gasteiger partial charge in [0, 0.05) is 58.1 Å². The number of carbonyl (C=O) groups excluding carboxylic acids is 2. The summed E-state index contributed by atoms with van der Waals surface area (Å²) in [7, 11) is 3.51. The molecule has 0 bridgehead atoms. The Hall–Kier alpha value is -2.18. The van der Waals surface area contributed by atoms with Crippen LogP contribution in [0.3, 0.4) is 0 Å². The van der Waals surface area contributed by atoms with Gasteiger partial charge in [-0.05, 0) is 5.92 Å². The van der Waals surface area contributed by atoms with Crippen molar-refractivity contribution in [1.82, 2.24) is 19.8 Å². The zero-order chi connectivity index (χ0) is 17.0. The third-order valence-electron chi connectivity index (χ3n) is 3.87. The van der Waals surface area contributed by atoms with Crippen LogP contribution in [-0.2, 0) is 16.1 Å². The van der Waals surface area contributed by atoms with Gasteiger partial charge >= 0.3 is 0 Å². The van der Waals surface area contributed by atoms with Gasteiger partial charge in [-0.3, -0.25) is 9.59 Å². The molecule has 1 aromatic heterocycles. The van der Waals surface area contributed by atoms with Crippen LogP contribution in [0.1, 0.15) is 25.8 Å². The highest BCUT2D eigenvalue weighted by Crippen LogP contribution is 2.21. The van der Waals surface area contributed by atoms with Gasteiger partial charge in [0.1, 0.15) is 0 Å². The van der Waals surface area contributed by atoms with E-state index in [2.05, 4.69) is 29.1 Å². The maximum absolute atomic E-state index is 12.5. The van der Waals surface area contributed by atoms with Crippen LogP contribution in [0.25, 0.3) is 0 Å². The van der Waals surface area contributed by atoms with Crippen molar-refractivity contribution in [2.24, 2.45) is 11.8 Å². The van der Waals surface area contributed by atoms with Gasteiger partial charge in [-0.2, -0.15) is 0 Å². The molecule has 0 unspecified atom stereocenters. The molecule has 0 saturated carbocycles. The van der Waals surface area contributed by atoms with Gasteiger partial charge in [-0.15, -0.1) is 0 Å². The molecule has 2 heterocycles. The summed E-state index contributed by atoms with van der Waals surface area (Å²) < 4.78 is 0. The standard InChI is InChI=1S/C16H25N5O2/c1-11(2)8-21-10-13(5-14(21)22)15(23)20(4)9-12-6-18-16(17-3)19-7-12/h6-7,11,13H,5,8-10H2,1-4H3,(H,17,18,19)/t13-/m0/s1. The van der Waals surface area contributed by atoms with E-state index in [1.165, 1.54) is 0 Å². The number of anilines is 1. The average molecular weight is 319 g/mol. The van der Waals surface area contributed by atoms with E-state index in [4.69, 9.17) is 0 Å². The Kier molecular flexibility index (Phi) is 5.52. The second-order valence-corrected chi connectivity index (χ2v) is 6.45. The minimum atomic E-state index is -0.247. The molecule has 1 fully saturated rings. The molecule has 7 nitrogen and oxygen atoms in total. The maximum Gasteiger partial charge on any atom is 0.228 e. The van der Waals surface area contributed by atoms with Gasteiger partial charge < -0.3 is 15.1 Å². The Morgan fingerprint density at radius 3 is 2.65 bits per heavy atom. The van der Waals surface area contributed by atoms with E-state index in [0.29, 0.717) is 37.9 Å². The van der Waals surface area contributed by atoms with Gasteiger partial charge in [0.05, 0.1) is 5.92 Å². The number of hydrogen-bond donors (Lipinski definition) is 1. The number of nitrogens with zero attached hydrogens (tertiary/aromatic N) is 4. The molecule has 0 radical (unpaired) electrons. The molecule has 1 atom stereocenters. The van der Waals surface area contributed by atoms with Crippen LogP contribution in [0.2, 0.25) is 0 Å². The predicted molar refractivity (Wildman–Crippen MR) is 87.6 cm³/mol. The fourth-order valence-electron chi connectivity index (χ4n) is 2.78. The summed E-state index contributed by atoms with van der Waals surface area (Å²) in [5.74, 6) is 0.792. The van der Waals surface area contributed by atoms with Crippen LogP contribution >= 0.6 is 0 Å². The van der Waals surface area contributed by atoms with Gasteiger partial charge in [0.15, 0.2) is 0 Å². The SMILES string of the molecule is CNc1ncc(CN(C)C(=O)[C@H]2CC(=O)N(CC(C)C)C2)cn1. The third kappa shape index (κ3) is 4.40. The Bertz CT molecular complexity index is 558. The first kappa shape index (κ1) is 17.2. The molecule has 2 rings (SSSR count). The molecule has 1 aliphatic heterocycles. The summed E-state index contributed by atoms with van der Waals surface area (Å²) in [5, 5.41) is 2.85. The Balaban J connectivity index is 1.93. The van der Waals surface area contributed by atoms with Gasteiger partial charge in [0.2, 0.25) is 17.8 Å². The molecular formula is C16H25N5O2. The second-order valence-electron chi connectivity index (χ2n) is 6.45. The normalized spacial score (nSPS) is 17.7. The Morgan fingerprint density at radius 1 is 1.43 bits per heavy atom. The minimum absolute atomic E-state index is 0.00213. The van der Waals surface area contributed by atoms with Crippen molar-refractivity contribution < 1.29 is 9.59 Å². The monoisotopic (exact) mass is 319 g/mol. The van der Waals surface area contributed by atoms with E-state index in [9.17, 15) is 9.59 Å². The highest BCUT2D eigenvalue weighted by atomic mass is 16.2. The van der Waals surface area contributed by atoms with Gasteiger partial charge in [-0.25, -0.2) is 9.97 Å². The maximum atomic E-state index is 12.5.